The molecule has 17 heavy (non-hydrogen) atoms. The van der Waals surface area contributed by atoms with Crippen molar-refractivity contribution >= 4 is 17.3 Å². The van der Waals surface area contributed by atoms with Crippen LogP contribution in [0.3, 0.4) is 0 Å². The maximum Gasteiger partial charge on any atom is 0.138 e. The topological polar surface area (TPSA) is 30.5 Å². The fraction of sp³-hybridized carbons (Fsp3) is 0.538. The van der Waals surface area contributed by atoms with E-state index in [4.69, 9.17) is 21.1 Å². The van der Waals surface area contributed by atoms with Crippen LogP contribution in [-0.2, 0) is 4.74 Å². The lowest BCUT2D eigenvalue weighted by molar-refractivity contribution is 0.195. The summed E-state index contributed by atoms with van der Waals surface area (Å²) in [6.45, 7) is 5.57. The van der Waals surface area contributed by atoms with Crippen LogP contribution in [0.2, 0.25) is 5.02 Å². The van der Waals surface area contributed by atoms with Crippen molar-refractivity contribution in [2.45, 2.75) is 32.4 Å². The van der Waals surface area contributed by atoms with Crippen LogP contribution in [-0.4, -0.2) is 25.4 Å². The van der Waals surface area contributed by atoms with E-state index in [0.29, 0.717) is 11.1 Å². The van der Waals surface area contributed by atoms with E-state index in [1.807, 2.05) is 32.0 Å². The number of benzene rings is 1. The number of hydrogen-bond donors (Lipinski definition) is 1. The van der Waals surface area contributed by atoms with Crippen LogP contribution >= 0.6 is 11.6 Å². The molecule has 1 heterocycles. The first-order valence-corrected chi connectivity index (χ1v) is 6.33. The van der Waals surface area contributed by atoms with Gasteiger partial charge >= 0.3 is 0 Å². The third-order valence-corrected chi connectivity index (χ3v) is 2.89. The smallest absolute Gasteiger partial charge is 0.138 e. The molecule has 0 amide bonds. The number of rotatable bonds is 4. The number of hydrogen-bond acceptors (Lipinski definition) is 3. The van der Waals surface area contributed by atoms with Gasteiger partial charge in [-0.1, -0.05) is 11.6 Å². The van der Waals surface area contributed by atoms with Crippen LogP contribution in [0.4, 0.5) is 5.69 Å². The van der Waals surface area contributed by atoms with Crippen LogP contribution in [0.1, 0.15) is 20.3 Å². The van der Waals surface area contributed by atoms with Gasteiger partial charge in [-0.25, -0.2) is 0 Å². The van der Waals surface area contributed by atoms with E-state index in [2.05, 4.69) is 5.32 Å². The van der Waals surface area contributed by atoms with Gasteiger partial charge in [-0.15, -0.1) is 0 Å². The SMILES string of the molecule is CC(C)Oc1ccc(NC2CCOC2)cc1Cl. The molecule has 1 unspecified atom stereocenters. The predicted octanol–water partition coefficient (Wildman–Crippen LogP) is 3.33. The van der Waals surface area contributed by atoms with Gasteiger partial charge in [-0.3, -0.25) is 0 Å². The summed E-state index contributed by atoms with van der Waals surface area (Å²) in [6.07, 6.45) is 1.18. The number of anilines is 1. The van der Waals surface area contributed by atoms with E-state index in [9.17, 15) is 0 Å². The summed E-state index contributed by atoms with van der Waals surface area (Å²) in [6, 6.07) is 6.18. The van der Waals surface area contributed by atoms with Gasteiger partial charge in [-0.05, 0) is 38.5 Å². The average Bonchev–Trinajstić information content (AvgIpc) is 2.74. The highest BCUT2D eigenvalue weighted by atomic mass is 35.5. The van der Waals surface area contributed by atoms with Gasteiger partial charge in [0.25, 0.3) is 0 Å². The van der Waals surface area contributed by atoms with E-state index in [-0.39, 0.29) is 6.10 Å². The Kier molecular flexibility index (Phi) is 4.13. The highest BCUT2D eigenvalue weighted by Crippen LogP contribution is 2.29. The fourth-order valence-electron chi connectivity index (χ4n) is 1.82. The summed E-state index contributed by atoms with van der Waals surface area (Å²) in [4.78, 5) is 0. The maximum atomic E-state index is 6.16. The van der Waals surface area contributed by atoms with Crippen molar-refractivity contribution in [3.8, 4) is 5.75 Å². The summed E-state index contributed by atoms with van der Waals surface area (Å²) in [5.41, 5.74) is 1.02. The van der Waals surface area contributed by atoms with Crippen molar-refractivity contribution in [2.24, 2.45) is 0 Å². The molecule has 1 aliphatic heterocycles. The van der Waals surface area contributed by atoms with Crippen molar-refractivity contribution in [1.29, 1.82) is 0 Å². The minimum atomic E-state index is 0.134. The van der Waals surface area contributed by atoms with Crippen molar-refractivity contribution in [1.82, 2.24) is 0 Å². The molecule has 1 aromatic carbocycles. The molecule has 1 fully saturated rings. The van der Waals surface area contributed by atoms with Crippen LogP contribution in [0.15, 0.2) is 18.2 Å². The molecule has 94 valence electrons. The number of halogens is 1. The molecule has 2 rings (SSSR count). The van der Waals surface area contributed by atoms with Gasteiger partial charge in [0.2, 0.25) is 0 Å². The molecule has 1 aliphatic rings. The van der Waals surface area contributed by atoms with Gasteiger partial charge in [-0.2, -0.15) is 0 Å². The molecule has 1 N–H and O–H groups in total. The third-order valence-electron chi connectivity index (χ3n) is 2.60. The Morgan fingerprint density at radius 3 is 2.88 bits per heavy atom. The van der Waals surface area contributed by atoms with E-state index in [1.165, 1.54) is 0 Å². The first-order valence-electron chi connectivity index (χ1n) is 5.95. The maximum absolute atomic E-state index is 6.16. The summed E-state index contributed by atoms with van der Waals surface area (Å²) in [7, 11) is 0. The molecular formula is C13H18ClNO2. The number of nitrogens with one attached hydrogen (secondary N) is 1. The van der Waals surface area contributed by atoms with Crippen molar-refractivity contribution in [3.05, 3.63) is 23.2 Å². The number of ether oxygens (including phenoxy) is 2. The molecule has 0 bridgehead atoms. The summed E-state index contributed by atoms with van der Waals surface area (Å²) in [5.74, 6) is 0.731. The lowest BCUT2D eigenvalue weighted by atomic mass is 10.2. The lowest BCUT2D eigenvalue weighted by Gasteiger charge is -2.15. The molecule has 3 nitrogen and oxygen atoms in total. The molecule has 0 aliphatic carbocycles. The third kappa shape index (κ3) is 3.51. The minimum absolute atomic E-state index is 0.134. The first-order chi connectivity index (χ1) is 8.15. The van der Waals surface area contributed by atoms with Gasteiger partial charge in [0.1, 0.15) is 5.75 Å². The van der Waals surface area contributed by atoms with E-state index in [1.54, 1.807) is 0 Å². The van der Waals surface area contributed by atoms with Crippen LogP contribution in [0, 0.1) is 0 Å². The van der Waals surface area contributed by atoms with E-state index in [0.717, 1.165) is 31.1 Å². The van der Waals surface area contributed by atoms with Crippen LogP contribution in [0.5, 0.6) is 5.75 Å². The Balaban J connectivity index is 2.02. The molecular weight excluding hydrogens is 238 g/mol. The zero-order valence-electron chi connectivity index (χ0n) is 10.2. The predicted molar refractivity (Wildman–Crippen MR) is 70.1 cm³/mol. The second-order valence-electron chi connectivity index (χ2n) is 4.52. The molecule has 0 spiro atoms. The fourth-order valence-corrected chi connectivity index (χ4v) is 2.05. The summed E-state index contributed by atoms with van der Waals surface area (Å²) < 4.78 is 10.9. The minimum Gasteiger partial charge on any atom is -0.489 e. The standard InChI is InChI=1S/C13H18ClNO2/c1-9(2)17-13-4-3-10(7-12(13)14)15-11-5-6-16-8-11/h3-4,7,9,11,15H,5-6,8H2,1-2H3. The highest BCUT2D eigenvalue weighted by molar-refractivity contribution is 6.32. The molecule has 4 heteroatoms. The second-order valence-corrected chi connectivity index (χ2v) is 4.92. The largest absolute Gasteiger partial charge is 0.489 e. The monoisotopic (exact) mass is 255 g/mol. The molecule has 0 saturated carbocycles. The van der Waals surface area contributed by atoms with Gasteiger partial charge < -0.3 is 14.8 Å². The normalized spacial score (nSPS) is 19.6. The molecule has 0 aromatic heterocycles. The van der Waals surface area contributed by atoms with Crippen LogP contribution in [0.25, 0.3) is 0 Å². The molecule has 0 radical (unpaired) electrons. The van der Waals surface area contributed by atoms with E-state index >= 15 is 0 Å². The van der Waals surface area contributed by atoms with Crippen molar-refractivity contribution in [3.63, 3.8) is 0 Å². The Labute approximate surface area is 107 Å². The van der Waals surface area contributed by atoms with Gasteiger partial charge in [0.05, 0.1) is 23.8 Å². The molecule has 1 saturated heterocycles. The Morgan fingerprint density at radius 2 is 2.29 bits per heavy atom. The second kappa shape index (κ2) is 5.61. The zero-order chi connectivity index (χ0) is 12.3. The van der Waals surface area contributed by atoms with E-state index < -0.39 is 0 Å². The van der Waals surface area contributed by atoms with Crippen molar-refractivity contribution < 1.29 is 9.47 Å². The Morgan fingerprint density at radius 1 is 1.47 bits per heavy atom. The van der Waals surface area contributed by atoms with Crippen LogP contribution < -0.4 is 10.1 Å². The zero-order valence-corrected chi connectivity index (χ0v) is 11.0. The lowest BCUT2D eigenvalue weighted by Crippen LogP contribution is -2.18. The Bertz CT molecular complexity index is 376. The highest BCUT2D eigenvalue weighted by Gasteiger charge is 2.15. The quantitative estimate of drug-likeness (QED) is 0.895. The van der Waals surface area contributed by atoms with Gasteiger partial charge in [0.15, 0.2) is 0 Å². The molecule has 1 aromatic rings. The molecule has 1 atom stereocenters. The van der Waals surface area contributed by atoms with Gasteiger partial charge in [0, 0.05) is 12.3 Å². The first kappa shape index (κ1) is 12.5. The Hall–Kier alpha value is -0.930. The summed E-state index contributed by atoms with van der Waals surface area (Å²) in [5, 5.41) is 4.04. The average molecular weight is 256 g/mol. The van der Waals surface area contributed by atoms with Crippen molar-refractivity contribution in [2.75, 3.05) is 18.5 Å². The summed E-state index contributed by atoms with van der Waals surface area (Å²) >= 11 is 6.16.